The van der Waals surface area contributed by atoms with Gasteiger partial charge in [0.1, 0.15) is 5.82 Å². The van der Waals surface area contributed by atoms with Crippen LogP contribution in [-0.2, 0) is 0 Å². The van der Waals surface area contributed by atoms with Crippen LogP contribution in [-0.4, -0.2) is 10.9 Å². The van der Waals surface area contributed by atoms with Crippen molar-refractivity contribution in [1.82, 2.24) is 4.98 Å². The molecule has 2 rings (SSSR count). The second kappa shape index (κ2) is 5.59. The van der Waals surface area contributed by atoms with Crippen LogP contribution in [0.25, 0.3) is 0 Å². The number of hydrogen-bond donors (Lipinski definition) is 2. The smallest absolute Gasteiger partial charge is 0.256 e. The van der Waals surface area contributed by atoms with Crippen molar-refractivity contribution < 1.29 is 4.79 Å². The molecule has 0 aliphatic heterocycles. The second-order valence-corrected chi connectivity index (χ2v) is 5.28. The van der Waals surface area contributed by atoms with Crippen LogP contribution >= 0.6 is 27.5 Å². The summed E-state index contributed by atoms with van der Waals surface area (Å²) < 4.78 is 0.631. The highest BCUT2D eigenvalue weighted by Gasteiger charge is 2.10. The van der Waals surface area contributed by atoms with E-state index in [0.29, 0.717) is 26.6 Å². The van der Waals surface area contributed by atoms with Crippen molar-refractivity contribution in [3.8, 4) is 0 Å². The van der Waals surface area contributed by atoms with Crippen LogP contribution in [0.15, 0.2) is 34.9 Å². The predicted octanol–water partition coefficient (Wildman–Crippen LogP) is 3.64. The van der Waals surface area contributed by atoms with Crippen molar-refractivity contribution >= 4 is 44.9 Å². The summed E-state index contributed by atoms with van der Waals surface area (Å²) in [4.78, 5) is 16.1. The van der Waals surface area contributed by atoms with Gasteiger partial charge in [0.25, 0.3) is 5.91 Å². The predicted molar refractivity (Wildman–Crippen MR) is 80.5 cm³/mol. The van der Waals surface area contributed by atoms with E-state index in [9.17, 15) is 4.79 Å². The van der Waals surface area contributed by atoms with Crippen LogP contribution in [0.4, 0.5) is 11.5 Å². The first-order valence-electron chi connectivity index (χ1n) is 5.46. The highest BCUT2D eigenvalue weighted by atomic mass is 79.9. The summed E-state index contributed by atoms with van der Waals surface area (Å²) in [6.07, 6.45) is 1.48. The monoisotopic (exact) mass is 339 g/mol. The Balaban J connectivity index is 2.23. The van der Waals surface area contributed by atoms with E-state index >= 15 is 0 Å². The molecular weight excluding hydrogens is 330 g/mol. The van der Waals surface area contributed by atoms with Crippen LogP contribution in [0, 0.1) is 6.92 Å². The number of nitrogens with zero attached hydrogens (tertiary/aromatic N) is 1. The van der Waals surface area contributed by atoms with E-state index in [2.05, 4.69) is 26.2 Å². The van der Waals surface area contributed by atoms with Gasteiger partial charge >= 0.3 is 0 Å². The molecule has 1 heterocycles. The standard InChI is InChI=1S/C13H11BrClN3O/c1-7-4-8(2-3-11(7)15)13(19)18-12-10(14)5-9(16)6-17-12/h2-6H,16H2,1H3,(H,17,18,19). The van der Waals surface area contributed by atoms with E-state index in [1.54, 1.807) is 24.3 Å². The van der Waals surface area contributed by atoms with Crippen molar-refractivity contribution in [2.45, 2.75) is 6.92 Å². The molecule has 0 aliphatic carbocycles. The quantitative estimate of drug-likeness (QED) is 0.877. The van der Waals surface area contributed by atoms with Crippen LogP contribution in [0.3, 0.4) is 0 Å². The third-order valence-electron chi connectivity index (χ3n) is 2.51. The van der Waals surface area contributed by atoms with Crippen molar-refractivity contribution in [2.24, 2.45) is 0 Å². The molecule has 1 amide bonds. The Kier molecular flexibility index (Phi) is 4.07. The molecule has 0 bridgehead atoms. The molecule has 0 saturated heterocycles. The van der Waals surface area contributed by atoms with Gasteiger partial charge < -0.3 is 11.1 Å². The van der Waals surface area contributed by atoms with E-state index in [1.165, 1.54) is 6.20 Å². The van der Waals surface area contributed by atoms with Crippen LogP contribution < -0.4 is 11.1 Å². The lowest BCUT2D eigenvalue weighted by Gasteiger charge is -2.08. The summed E-state index contributed by atoms with van der Waals surface area (Å²) in [5.74, 6) is 0.171. The SMILES string of the molecule is Cc1cc(C(=O)Nc2ncc(N)cc2Br)ccc1Cl. The molecule has 0 saturated carbocycles. The summed E-state index contributed by atoms with van der Waals surface area (Å²) in [5, 5.41) is 3.33. The van der Waals surface area contributed by atoms with Gasteiger partial charge in [0.15, 0.2) is 0 Å². The second-order valence-electron chi connectivity index (χ2n) is 4.02. The number of pyridine rings is 1. The number of amides is 1. The van der Waals surface area contributed by atoms with Gasteiger partial charge in [0.2, 0.25) is 0 Å². The zero-order chi connectivity index (χ0) is 14.0. The Morgan fingerprint density at radius 2 is 2.16 bits per heavy atom. The van der Waals surface area contributed by atoms with E-state index < -0.39 is 0 Å². The van der Waals surface area contributed by atoms with Crippen LogP contribution in [0.2, 0.25) is 5.02 Å². The number of halogens is 2. The van der Waals surface area contributed by atoms with Gasteiger partial charge in [-0.05, 0) is 52.7 Å². The fourth-order valence-corrected chi connectivity index (χ4v) is 2.09. The van der Waals surface area contributed by atoms with Crippen molar-refractivity contribution in [3.05, 3.63) is 51.1 Å². The number of rotatable bonds is 2. The van der Waals surface area contributed by atoms with Crippen LogP contribution in [0.5, 0.6) is 0 Å². The number of carbonyl (C=O) groups is 1. The Bertz CT molecular complexity index is 646. The lowest BCUT2D eigenvalue weighted by atomic mass is 10.1. The Morgan fingerprint density at radius 1 is 1.42 bits per heavy atom. The summed E-state index contributed by atoms with van der Waals surface area (Å²) >= 11 is 9.22. The van der Waals surface area contributed by atoms with Gasteiger partial charge in [-0.2, -0.15) is 0 Å². The van der Waals surface area contributed by atoms with E-state index in [-0.39, 0.29) is 5.91 Å². The average Bonchev–Trinajstić information content (AvgIpc) is 2.36. The number of aromatic nitrogens is 1. The number of aryl methyl sites for hydroxylation is 1. The fraction of sp³-hybridized carbons (Fsp3) is 0.0769. The minimum atomic E-state index is -0.252. The zero-order valence-electron chi connectivity index (χ0n) is 10.1. The molecule has 0 unspecified atom stereocenters. The van der Waals surface area contributed by atoms with Gasteiger partial charge in [0.05, 0.1) is 16.4 Å². The molecule has 0 fully saturated rings. The summed E-state index contributed by atoms with van der Waals surface area (Å²) in [7, 11) is 0. The van der Waals surface area contributed by atoms with E-state index in [4.69, 9.17) is 17.3 Å². The number of anilines is 2. The summed E-state index contributed by atoms with van der Waals surface area (Å²) in [6, 6.07) is 6.76. The van der Waals surface area contributed by atoms with Crippen LogP contribution in [0.1, 0.15) is 15.9 Å². The van der Waals surface area contributed by atoms with Gasteiger partial charge in [-0.25, -0.2) is 4.98 Å². The first-order valence-corrected chi connectivity index (χ1v) is 6.63. The third kappa shape index (κ3) is 3.24. The Hall–Kier alpha value is -1.59. The average molecular weight is 341 g/mol. The first-order chi connectivity index (χ1) is 8.97. The van der Waals surface area contributed by atoms with E-state index in [1.807, 2.05) is 6.92 Å². The molecule has 98 valence electrons. The minimum Gasteiger partial charge on any atom is -0.397 e. The molecule has 2 aromatic rings. The molecule has 3 N–H and O–H groups in total. The number of benzene rings is 1. The Labute approximate surface area is 124 Å². The first kappa shape index (κ1) is 13.8. The number of nitrogen functional groups attached to an aromatic ring is 1. The Morgan fingerprint density at radius 3 is 2.79 bits per heavy atom. The number of nitrogens with one attached hydrogen (secondary N) is 1. The number of carbonyl (C=O) groups excluding carboxylic acids is 1. The molecule has 0 spiro atoms. The molecule has 6 heteroatoms. The molecule has 0 aliphatic rings. The maximum Gasteiger partial charge on any atom is 0.256 e. The van der Waals surface area contributed by atoms with Gasteiger partial charge in [-0.15, -0.1) is 0 Å². The third-order valence-corrected chi connectivity index (χ3v) is 3.54. The molecular formula is C13H11BrClN3O. The zero-order valence-corrected chi connectivity index (χ0v) is 12.4. The molecule has 4 nitrogen and oxygen atoms in total. The minimum absolute atomic E-state index is 0.252. The molecule has 1 aromatic heterocycles. The molecule has 1 aromatic carbocycles. The largest absolute Gasteiger partial charge is 0.397 e. The van der Waals surface area contributed by atoms with E-state index in [0.717, 1.165) is 5.56 Å². The van der Waals surface area contributed by atoms with Gasteiger partial charge in [-0.3, -0.25) is 4.79 Å². The lowest BCUT2D eigenvalue weighted by molar-refractivity contribution is 0.102. The fourth-order valence-electron chi connectivity index (χ4n) is 1.51. The molecule has 0 atom stereocenters. The maximum absolute atomic E-state index is 12.1. The normalized spacial score (nSPS) is 10.3. The highest BCUT2D eigenvalue weighted by molar-refractivity contribution is 9.10. The molecule has 0 radical (unpaired) electrons. The summed E-state index contributed by atoms with van der Waals surface area (Å²) in [5.41, 5.74) is 7.47. The lowest BCUT2D eigenvalue weighted by Crippen LogP contribution is -2.13. The van der Waals surface area contributed by atoms with Gasteiger partial charge in [-0.1, -0.05) is 11.6 Å². The van der Waals surface area contributed by atoms with Crippen molar-refractivity contribution in [2.75, 3.05) is 11.1 Å². The molecule has 19 heavy (non-hydrogen) atoms. The number of hydrogen-bond acceptors (Lipinski definition) is 3. The van der Waals surface area contributed by atoms with Crippen molar-refractivity contribution in [1.29, 1.82) is 0 Å². The number of nitrogens with two attached hydrogens (primary N) is 1. The summed E-state index contributed by atoms with van der Waals surface area (Å²) in [6.45, 7) is 1.84. The van der Waals surface area contributed by atoms with Crippen molar-refractivity contribution in [3.63, 3.8) is 0 Å². The maximum atomic E-state index is 12.1. The topological polar surface area (TPSA) is 68.0 Å². The highest BCUT2D eigenvalue weighted by Crippen LogP contribution is 2.23. The van der Waals surface area contributed by atoms with Gasteiger partial charge in [0, 0.05) is 10.6 Å².